The lowest BCUT2D eigenvalue weighted by atomic mass is 9.51. The van der Waals surface area contributed by atoms with Crippen molar-refractivity contribution >= 4 is 16.5 Å². The first kappa shape index (κ1) is 23.4. The van der Waals surface area contributed by atoms with Gasteiger partial charge in [0.05, 0.1) is 28.9 Å². The van der Waals surface area contributed by atoms with Gasteiger partial charge in [-0.05, 0) is 94.6 Å². The van der Waals surface area contributed by atoms with Gasteiger partial charge in [0.25, 0.3) is 0 Å². The Morgan fingerprint density at radius 3 is 2.67 bits per heavy atom. The third kappa shape index (κ3) is 2.68. The Balaban J connectivity index is 1.28. The smallest absolute Gasteiger partial charge is 0.102 e. The molecule has 36 heavy (non-hydrogen) atoms. The number of benzene rings is 1. The number of hydrogen-bond acceptors (Lipinski definition) is 6. The van der Waals surface area contributed by atoms with Gasteiger partial charge in [-0.15, -0.1) is 0 Å². The molecule has 4 N–H and O–H groups in total. The normalized spacial score (nSPS) is 47.6. The zero-order valence-corrected chi connectivity index (χ0v) is 21.8. The number of fused-ring (bicyclic) bond motifs is 2. The number of allylic oxidation sites excluding steroid dienone is 2. The van der Waals surface area contributed by atoms with Gasteiger partial charge in [0.1, 0.15) is 5.60 Å². The monoisotopic (exact) mass is 493 g/mol. The highest BCUT2D eigenvalue weighted by atomic mass is 16.6. The zero-order chi connectivity index (χ0) is 25.3. The summed E-state index contributed by atoms with van der Waals surface area (Å²) in [7, 11) is 3.93. The van der Waals surface area contributed by atoms with Crippen LogP contribution in [0.2, 0.25) is 0 Å². The maximum absolute atomic E-state index is 12.3. The number of H-pyrrole nitrogens is 1. The number of likely N-dealkylation sites (N-methyl/N-ethyl adjacent to an activating group) is 1. The molecule has 9 atom stereocenters. The quantitative estimate of drug-likeness (QED) is 0.513. The van der Waals surface area contributed by atoms with Crippen LogP contribution in [0.5, 0.6) is 0 Å². The van der Waals surface area contributed by atoms with Crippen molar-refractivity contribution in [2.24, 2.45) is 17.3 Å². The maximum Gasteiger partial charge on any atom is 0.102 e. The lowest BCUT2D eigenvalue weighted by Crippen LogP contribution is -2.73. The minimum absolute atomic E-state index is 0.0936. The molecule has 2 saturated carbocycles. The van der Waals surface area contributed by atoms with Crippen molar-refractivity contribution in [1.82, 2.24) is 15.1 Å². The van der Waals surface area contributed by atoms with Gasteiger partial charge >= 0.3 is 0 Å². The Labute approximate surface area is 212 Å². The van der Waals surface area contributed by atoms with Crippen LogP contribution >= 0.6 is 0 Å². The zero-order valence-electron chi connectivity index (χ0n) is 21.8. The topological polar surface area (TPSA) is 102 Å². The molecule has 2 saturated heterocycles. The average Bonchev–Trinajstić information content (AvgIpc) is 3.50. The van der Waals surface area contributed by atoms with E-state index in [0.29, 0.717) is 19.3 Å². The first-order chi connectivity index (χ1) is 17.0. The van der Waals surface area contributed by atoms with Gasteiger partial charge in [-0.3, -0.25) is 5.10 Å². The molecule has 7 rings (SSSR count). The summed E-state index contributed by atoms with van der Waals surface area (Å²) < 4.78 is 7.23. The second kappa shape index (κ2) is 7.20. The Morgan fingerprint density at radius 2 is 1.89 bits per heavy atom. The van der Waals surface area contributed by atoms with Gasteiger partial charge in [0.2, 0.25) is 0 Å². The SMILES string of the molecule is Cc1[nH]nc2ccc(C3=CCC4[C@@]56CC[C@]7(C[C@H](N(C)C)[C@@H](O)[C@H](O)C7CC5(O)CC[C@]34C)O6)cc12. The molecule has 7 heteroatoms. The van der Waals surface area contributed by atoms with Crippen LogP contribution in [0.3, 0.4) is 0 Å². The molecular formula is C29H39N3O4. The number of aromatic amines is 1. The number of aromatic nitrogens is 2. The van der Waals surface area contributed by atoms with E-state index in [1.54, 1.807) is 0 Å². The number of aryl methyl sites for hydroxylation is 1. The van der Waals surface area contributed by atoms with E-state index < -0.39 is 29.0 Å². The van der Waals surface area contributed by atoms with E-state index in [0.717, 1.165) is 42.3 Å². The second-order valence-corrected chi connectivity index (χ2v) is 13.0. The molecule has 3 unspecified atom stereocenters. The molecule has 1 aromatic carbocycles. The minimum atomic E-state index is -0.984. The molecule has 2 spiro atoms. The highest BCUT2D eigenvalue weighted by Crippen LogP contribution is 2.71. The van der Waals surface area contributed by atoms with Crippen molar-refractivity contribution in [1.29, 1.82) is 0 Å². The predicted octanol–water partition coefficient (Wildman–Crippen LogP) is 3.17. The molecule has 5 aliphatic rings. The highest BCUT2D eigenvalue weighted by Gasteiger charge is 2.76. The summed E-state index contributed by atoms with van der Waals surface area (Å²) in [4.78, 5) is 2.02. The summed E-state index contributed by atoms with van der Waals surface area (Å²) in [5.74, 6) is -0.0593. The van der Waals surface area contributed by atoms with Gasteiger partial charge in [-0.2, -0.15) is 5.10 Å². The van der Waals surface area contributed by atoms with Gasteiger partial charge < -0.3 is 25.0 Å². The molecule has 2 bridgehead atoms. The predicted molar refractivity (Wildman–Crippen MR) is 137 cm³/mol. The van der Waals surface area contributed by atoms with Crippen molar-refractivity contribution < 1.29 is 20.1 Å². The Hall–Kier alpha value is -1.77. The average molecular weight is 494 g/mol. The molecule has 194 valence electrons. The second-order valence-electron chi connectivity index (χ2n) is 13.0. The van der Waals surface area contributed by atoms with Crippen molar-refractivity contribution in [2.75, 3.05) is 14.1 Å². The number of aliphatic hydroxyl groups excluding tert-OH is 2. The van der Waals surface area contributed by atoms with E-state index in [1.165, 1.54) is 11.1 Å². The number of nitrogens with zero attached hydrogens (tertiary/aromatic N) is 2. The lowest BCUT2D eigenvalue weighted by molar-refractivity contribution is -0.331. The van der Waals surface area contributed by atoms with E-state index in [-0.39, 0.29) is 23.3 Å². The molecule has 0 radical (unpaired) electrons. The molecule has 0 amide bonds. The van der Waals surface area contributed by atoms with E-state index in [2.05, 4.69) is 48.3 Å². The number of rotatable bonds is 2. The Morgan fingerprint density at radius 1 is 1.08 bits per heavy atom. The van der Waals surface area contributed by atoms with Crippen molar-refractivity contribution in [3.05, 3.63) is 35.5 Å². The summed E-state index contributed by atoms with van der Waals surface area (Å²) >= 11 is 0. The summed E-state index contributed by atoms with van der Waals surface area (Å²) in [6, 6.07) is 6.40. The van der Waals surface area contributed by atoms with E-state index in [1.807, 2.05) is 19.0 Å². The van der Waals surface area contributed by atoms with Crippen molar-refractivity contribution in [3.8, 4) is 0 Å². The van der Waals surface area contributed by atoms with E-state index in [4.69, 9.17) is 4.74 Å². The fourth-order valence-corrected chi connectivity index (χ4v) is 9.36. The van der Waals surface area contributed by atoms with Gasteiger partial charge in [-0.1, -0.05) is 19.1 Å². The first-order valence-electron chi connectivity index (χ1n) is 13.6. The number of aliphatic hydroxyl groups is 3. The molecule has 2 aliphatic heterocycles. The highest BCUT2D eigenvalue weighted by molar-refractivity contribution is 5.86. The van der Waals surface area contributed by atoms with Crippen LogP contribution in [-0.2, 0) is 4.74 Å². The minimum Gasteiger partial charge on any atom is -0.390 e. The summed E-state index contributed by atoms with van der Waals surface area (Å²) in [6.07, 6.45) is 5.94. The Bertz CT molecular complexity index is 1270. The Kier molecular flexibility index (Phi) is 4.67. The third-order valence-electron chi connectivity index (χ3n) is 11.3. The largest absolute Gasteiger partial charge is 0.390 e. The fraction of sp³-hybridized carbons (Fsp3) is 0.690. The molecule has 1 aromatic heterocycles. The van der Waals surface area contributed by atoms with Crippen LogP contribution in [0.4, 0.5) is 0 Å². The van der Waals surface area contributed by atoms with Gasteiger partial charge in [0.15, 0.2) is 0 Å². The van der Waals surface area contributed by atoms with Crippen LogP contribution in [0.1, 0.15) is 63.1 Å². The lowest BCUT2D eigenvalue weighted by Gasteiger charge is -2.65. The number of hydrogen-bond donors (Lipinski definition) is 4. The van der Waals surface area contributed by atoms with E-state index >= 15 is 0 Å². The van der Waals surface area contributed by atoms with Crippen molar-refractivity contribution in [2.45, 2.75) is 93.8 Å². The van der Waals surface area contributed by atoms with Crippen LogP contribution < -0.4 is 0 Å². The van der Waals surface area contributed by atoms with Crippen LogP contribution in [0, 0.1) is 24.2 Å². The fourth-order valence-electron chi connectivity index (χ4n) is 9.36. The summed E-state index contributed by atoms with van der Waals surface area (Å²) in [5, 5.41) is 43.1. The van der Waals surface area contributed by atoms with Gasteiger partial charge in [-0.25, -0.2) is 0 Å². The molecule has 7 nitrogen and oxygen atoms in total. The molecule has 4 fully saturated rings. The molecule has 3 aliphatic carbocycles. The number of nitrogens with one attached hydrogen (secondary N) is 1. The molecule has 2 aromatic rings. The first-order valence-corrected chi connectivity index (χ1v) is 13.6. The summed E-state index contributed by atoms with van der Waals surface area (Å²) in [5.41, 5.74) is 2.48. The van der Waals surface area contributed by atoms with Crippen molar-refractivity contribution in [3.63, 3.8) is 0 Å². The number of ether oxygens (including phenoxy) is 1. The maximum atomic E-state index is 12.3. The van der Waals surface area contributed by atoms with E-state index in [9.17, 15) is 15.3 Å². The third-order valence-corrected chi connectivity index (χ3v) is 11.3. The van der Waals surface area contributed by atoms with Crippen LogP contribution in [0.25, 0.3) is 16.5 Å². The van der Waals surface area contributed by atoms with Crippen LogP contribution in [0.15, 0.2) is 24.3 Å². The van der Waals surface area contributed by atoms with Gasteiger partial charge in [0, 0.05) is 29.0 Å². The molecular weight excluding hydrogens is 454 g/mol. The standard InChI is InChI=1S/C29H39N3O4/c1-16-18-13-17(5-7-21(18)31-30-16)19-6-8-23-26(19,2)9-11-28(35)14-20-24(33)25(34)22(32(3)4)15-27(20)10-12-29(23,28)36-27/h5-7,13,20,22-25,33-35H,8-12,14-15H2,1-4H3,(H,30,31)/t20?,22-,23?,24+,25+,26+,27+,28?,29-/m0/s1. The van der Waals surface area contributed by atoms with Crippen LogP contribution in [-0.4, -0.2) is 79.6 Å². The summed E-state index contributed by atoms with van der Waals surface area (Å²) in [6.45, 7) is 4.44. The molecule has 3 heterocycles.